The van der Waals surface area contributed by atoms with Crippen molar-refractivity contribution in [3.05, 3.63) is 29.8 Å². The van der Waals surface area contributed by atoms with Crippen LogP contribution in [0.3, 0.4) is 0 Å². The zero-order valence-corrected chi connectivity index (χ0v) is 12.2. The van der Waals surface area contributed by atoms with Gasteiger partial charge in [-0.1, -0.05) is 31.4 Å². The van der Waals surface area contributed by atoms with Gasteiger partial charge >= 0.3 is 0 Å². The summed E-state index contributed by atoms with van der Waals surface area (Å²) in [5, 5.41) is 4.21. The van der Waals surface area contributed by atoms with Crippen LogP contribution in [0.1, 0.15) is 44.6 Å². The van der Waals surface area contributed by atoms with Gasteiger partial charge in [-0.3, -0.25) is 4.79 Å². The normalized spacial score (nSPS) is 16.8. The number of ether oxygens (including phenoxy) is 1. The van der Waals surface area contributed by atoms with Crippen molar-refractivity contribution < 1.29 is 9.53 Å². The van der Waals surface area contributed by atoms with Crippen LogP contribution in [-0.2, 0) is 4.79 Å². The fourth-order valence-electron chi connectivity index (χ4n) is 2.51. The molecule has 0 aromatic heterocycles. The molecule has 4 nitrogen and oxygen atoms in total. The first-order valence-corrected chi connectivity index (χ1v) is 7.19. The Hall–Kier alpha value is -1.84. The van der Waals surface area contributed by atoms with Crippen LogP contribution in [-0.4, -0.2) is 18.7 Å². The second kappa shape index (κ2) is 7.08. The molecule has 0 heterocycles. The lowest BCUT2D eigenvalue weighted by Gasteiger charge is -2.19. The van der Waals surface area contributed by atoms with E-state index in [1.165, 1.54) is 6.42 Å². The lowest BCUT2D eigenvalue weighted by molar-refractivity contribution is -0.125. The van der Waals surface area contributed by atoms with Crippen LogP contribution >= 0.6 is 0 Å². The van der Waals surface area contributed by atoms with Crippen LogP contribution in [0.15, 0.2) is 29.4 Å². The minimum atomic E-state index is 0.0481. The number of rotatable bonds is 4. The maximum Gasteiger partial charge on any atom is 0.243 e. The zero-order chi connectivity index (χ0) is 14.4. The first-order chi connectivity index (χ1) is 9.70. The number of carbonyl (C=O) groups excluding carboxylic acids is 1. The van der Waals surface area contributed by atoms with E-state index in [2.05, 4.69) is 10.5 Å². The van der Waals surface area contributed by atoms with Crippen molar-refractivity contribution in [1.82, 2.24) is 5.43 Å². The van der Waals surface area contributed by atoms with Crippen molar-refractivity contribution in [2.45, 2.75) is 39.0 Å². The molecule has 1 saturated carbocycles. The Morgan fingerprint density at radius 2 is 2.05 bits per heavy atom. The van der Waals surface area contributed by atoms with E-state index in [4.69, 9.17) is 4.74 Å². The van der Waals surface area contributed by atoms with Crippen molar-refractivity contribution in [1.29, 1.82) is 0 Å². The number of hydrogen-bond acceptors (Lipinski definition) is 3. The Kier molecular flexibility index (Phi) is 5.16. The van der Waals surface area contributed by atoms with E-state index in [0.717, 1.165) is 42.7 Å². The van der Waals surface area contributed by atoms with Gasteiger partial charge in [0.2, 0.25) is 5.91 Å². The standard InChI is InChI=1S/C16H22N2O2/c1-12(14-9-6-10-15(11-14)20-2)17-18-16(19)13-7-4-3-5-8-13/h6,9-11,13H,3-5,7-8H2,1-2H3,(H,18,19)/b17-12+. The number of hydrazone groups is 1. The third-order valence-electron chi connectivity index (χ3n) is 3.80. The highest BCUT2D eigenvalue weighted by molar-refractivity contribution is 5.99. The summed E-state index contributed by atoms with van der Waals surface area (Å²) < 4.78 is 5.18. The average Bonchev–Trinajstić information content (AvgIpc) is 2.53. The molecule has 0 radical (unpaired) electrons. The molecular weight excluding hydrogens is 252 g/mol. The van der Waals surface area contributed by atoms with Crippen LogP contribution < -0.4 is 10.2 Å². The predicted molar refractivity (Wildman–Crippen MR) is 79.9 cm³/mol. The van der Waals surface area contributed by atoms with Crippen LogP contribution in [0.4, 0.5) is 0 Å². The minimum Gasteiger partial charge on any atom is -0.497 e. The number of methoxy groups -OCH3 is 1. The molecule has 0 saturated heterocycles. The van der Waals surface area contributed by atoms with E-state index in [9.17, 15) is 4.79 Å². The quantitative estimate of drug-likeness (QED) is 0.677. The van der Waals surface area contributed by atoms with Crippen LogP contribution in [0, 0.1) is 5.92 Å². The number of hydrogen-bond donors (Lipinski definition) is 1. The second-order valence-electron chi connectivity index (χ2n) is 5.24. The monoisotopic (exact) mass is 274 g/mol. The van der Waals surface area contributed by atoms with Gasteiger partial charge in [0.25, 0.3) is 0 Å². The molecule has 4 heteroatoms. The van der Waals surface area contributed by atoms with E-state index >= 15 is 0 Å². The van der Waals surface area contributed by atoms with Crippen LogP contribution in [0.2, 0.25) is 0 Å². The van der Waals surface area contributed by atoms with Gasteiger partial charge in [0, 0.05) is 11.5 Å². The SMILES string of the molecule is COc1cccc(/C(C)=N/NC(=O)C2CCCCC2)c1. The molecule has 0 bridgehead atoms. The summed E-state index contributed by atoms with van der Waals surface area (Å²) in [4.78, 5) is 12.0. The maximum absolute atomic E-state index is 12.0. The average molecular weight is 274 g/mol. The van der Waals surface area contributed by atoms with Gasteiger partial charge in [0.1, 0.15) is 5.75 Å². The molecule has 0 aliphatic heterocycles. The Labute approximate surface area is 120 Å². The molecule has 108 valence electrons. The van der Waals surface area contributed by atoms with E-state index in [0.29, 0.717) is 0 Å². The summed E-state index contributed by atoms with van der Waals surface area (Å²) in [6, 6.07) is 7.66. The summed E-state index contributed by atoms with van der Waals surface area (Å²) in [6.07, 6.45) is 5.52. The number of nitrogens with zero attached hydrogens (tertiary/aromatic N) is 1. The third-order valence-corrected chi connectivity index (χ3v) is 3.80. The van der Waals surface area contributed by atoms with Crippen molar-refractivity contribution in [2.24, 2.45) is 11.0 Å². The van der Waals surface area contributed by atoms with Crippen LogP contribution in [0.25, 0.3) is 0 Å². The van der Waals surface area contributed by atoms with E-state index in [-0.39, 0.29) is 11.8 Å². The molecule has 1 aliphatic rings. The number of carbonyl (C=O) groups is 1. The van der Waals surface area contributed by atoms with Gasteiger partial charge in [0.15, 0.2) is 0 Å². The Morgan fingerprint density at radius 1 is 1.30 bits per heavy atom. The molecule has 0 spiro atoms. The number of amides is 1. The van der Waals surface area contributed by atoms with E-state index in [1.54, 1.807) is 7.11 Å². The summed E-state index contributed by atoms with van der Waals surface area (Å²) in [7, 11) is 1.64. The molecule has 1 aliphatic carbocycles. The van der Waals surface area contributed by atoms with Gasteiger partial charge < -0.3 is 4.74 Å². The van der Waals surface area contributed by atoms with Crippen molar-refractivity contribution in [3.63, 3.8) is 0 Å². The highest BCUT2D eigenvalue weighted by Gasteiger charge is 2.20. The van der Waals surface area contributed by atoms with Gasteiger partial charge in [-0.25, -0.2) is 5.43 Å². The highest BCUT2D eigenvalue weighted by Crippen LogP contribution is 2.23. The molecule has 20 heavy (non-hydrogen) atoms. The Bertz CT molecular complexity index is 491. The summed E-state index contributed by atoms with van der Waals surface area (Å²) in [6.45, 7) is 1.88. The smallest absolute Gasteiger partial charge is 0.243 e. The largest absolute Gasteiger partial charge is 0.497 e. The van der Waals surface area contributed by atoms with Gasteiger partial charge in [-0.15, -0.1) is 0 Å². The van der Waals surface area contributed by atoms with Crippen molar-refractivity contribution >= 4 is 11.6 Å². The lowest BCUT2D eigenvalue weighted by Crippen LogP contribution is -2.29. The lowest BCUT2D eigenvalue weighted by atomic mass is 9.89. The predicted octanol–water partition coefficient (Wildman–Crippen LogP) is 3.12. The summed E-state index contributed by atoms with van der Waals surface area (Å²) >= 11 is 0. The topological polar surface area (TPSA) is 50.7 Å². The first kappa shape index (κ1) is 14.6. The highest BCUT2D eigenvalue weighted by atomic mass is 16.5. The molecule has 1 fully saturated rings. The molecule has 1 amide bonds. The van der Waals surface area contributed by atoms with E-state index in [1.807, 2.05) is 31.2 Å². The Morgan fingerprint density at radius 3 is 2.75 bits per heavy atom. The fourth-order valence-corrected chi connectivity index (χ4v) is 2.51. The summed E-state index contributed by atoms with van der Waals surface area (Å²) in [5.41, 5.74) is 4.43. The van der Waals surface area contributed by atoms with Crippen molar-refractivity contribution in [2.75, 3.05) is 7.11 Å². The van der Waals surface area contributed by atoms with Crippen molar-refractivity contribution in [3.8, 4) is 5.75 Å². The zero-order valence-electron chi connectivity index (χ0n) is 12.2. The van der Waals surface area contributed by atoms with Gasteiger partial charge in [-0.05, 0) is 31.9 Å². The summed E-state index contributed by atoms with van der Waals surface area (Å²) in [5.74, 6) is 0.966. The molecule has 0 atom stereocenters. The second-order valence-corrected chi connectivity index (χ2v) is 5.24. The minimum absolute atomic E-state index is 0.0481. The molecule has 1 aromatic rings. The van der Waals surface area contributed by atoms with E-state index < -0.39 is 0 Å². The third kappa shape index (κ3) is 3.83. The van der Waals surface area contributed by atoms with Crippen LogP contribution in [0.5, 0.6) is 5.75 Å². The number of benzene rings is 1. The first-order valence-electron chi connectivity index (χ1n) is 7.19. The maximum atomic E-state index is 12.0. The van der Waals surface area contributed by atoms with Gasteiger partial charge in [-0.2, -0.15) is 5.10 Å². The molecular formula is C16H22N2O2. The Balaban J connectivity index is 1.97. The van der Waals surface area contributed by atoms with Gasteiger partial charge in [0.05, 0.1) is 12.8 Å². The molecule has 0 unspecified atom stereocenters. The number of nitrogens with one attached hydrogen (secondary N) is 1. The molecule has 2 rings (SSSR count). The fraction of sp³-hybridized carbons (Fsp3) is 0.500. The molecule has 1 N–H and O–H groups in total. The molecule has 1 aromatic carbocycles.